The number of halogens is 3. The molecule has 0 atom stereocenters. The molecule has 0 bridgehead atoms. The summed E-state index contributed by atoms with van der Waals surface area (Å²) in [5.74, 6) is -0.452. The van der Waals surface area contributed by atoms with Crippen molar-refractivity contribution >= 4 is 12.0 Å². The van der Waals surface area contributed by atoms with Crippen LogP contribution >= 0.6 is 0 Å². The summed E-state index contributed by atoms with van der Waals surface area (Å²) in [4.78, 5) is 17.4. The number of amides is 1. The van der Waals surface area contributed by atoms with Crippen LogP contribution in [0.25, 0.3) is 0 Å². The number of carbonyl (C=O) groups excluding carboxylic acids is 1. The number of methoxy groups -OCH3 is 1. The van der Waals surface area contributed by atoms with E-state index < -0.39 is 23.9 Å². The molecule has 0 saturated carbocycles. The van der Waals surface area contributed by atoms with Crippen LogP contribution in [0.2, 0.25) is 0 Å². The summed E-state index contributed by atoms with van der Waals surface area (Å²) in [7, 11) is 1.16. The number of nitrogens with one attached hydrogen (secondary N) is 1. The Hall–Kier alpha value is -2.06. The Morgan fingerprint density at radius 3 is 2.78 bits per heavy atom. The van der Waals surface area contributed by atoms with Gasteiger partial charge >= 0.3 is 12.3 Å². The number of alkyl carbamates (subject to hydrolysis) is 1. The molecule has 0 saturated heterocycles. The number of nitrogen functional groups attached to an aromatic ring is 1. The lowest BCUT2D eigenvalue weighted by atomic mass is 10.1. The lowest BCUT2D eigenvalue weighted by Gasteiger charge is -2.11. The molecular formula is C9H11F3N4O2. The van der Waals surface area contributed by atoms with Crippen LogP contribution in [0.3, 0.4) is 0 Å². The van der Waals surface area contributed by atoms with Crippen molar-refractivity contribution in [2.75, 3.05) is 19.4 Å². The molecule has 0 aliphatic heterocycles. The van der Waals surface area contributed by atoms with Gasteiger partial charge in [0, 0.05) is 18.3 Å². The van der Waals surface area contributed by atoms with E-state index in [1.807, 2.05) is 0 Å². The van der Waals surface area contributed by atoms with Crippen LogP contribution in [-0.4, -0.2) is 29.7 Å². The van der Waals surface area contributed by atoms with Crippen molar-refractivity contribution in [3.63, 3.8) is 0 Å². The number of nitrogens with zero attached hydrogens (tertiary/aromatic N) is 2. The second kappa shape index (κ2) is 5.52. The second-order valence-corrected chi connectivity index (χ2v) is 3.27. The van der Waals surface area contributed by atoms with Crippen LogP contribution < -0.4 is 11.1 Å². The summed E-state index contributed by atoms with van der Waals surface area (Å²) in [5.41, 5.74) is 3.87. The van der Waals surface area contributed by atoms with Gasteiger partial charge in [0.05, 0.1) is 7.11 Å². The van der Waals surface area contributed by atoms with Gasteiger partial charge in [-0.1, -0.05) is 0 Å². The number of alkyl halides is 3. The predicted octanol–water partition coefficient (Wildman–Crippen LogP) is 0.976. The monoisotopic (exact) mass is 264 g/mol. The number of aromatic nitrogens is 2. The fraction of sp³-hybridized carbons (Fsp3) is 0.444. The molecule has 0 aromatic carbocycles. The van der Waals surface area contributed by atoms with Crippen LogP contribution in [0.4, 0.5) is 23.9 Å². The third-order valence-electron chi connectivity index (χ3n) is 2.00. The Bertz CT molecular complexity index is 436. The minimum Gasteiger partial charge on any atom is -0.453 e. The third-order valence-corrected chi connectivity index (χ3v) is 2.00. The zero-order valence-electron chi connectivity index (χ0n) is 9.41. The Morgan fingerprint density at radius 1 is 1.56 bits per heavy atom. The minimum absolute atomic E-state index is 0.0248. The van der Waals surface area contributed by atoms with Crippen molar-refractivity contribution in [2.45, 2.75) is 12.6 Å². The number of hydrogen-bond donors (Lipinski definition) is 2. The molecule has 100 valence electrons. The molecule has 0 radical (unpaired) electrons. The van der Waals surface area contributed by atoms with Crippen LogP contribution in [0, 0.1) is 0 Å². The molecule has 6 nitrogen and oxygen atoms in total. The van der Waals surface area contributed by atoms with Gasteiger partial charge in [0.1, 0.15) is 0 Å². The van der Waals surface area contributed by atoms with Crippen molar-refractivity contribution in [2.24, 2.45) is 0 Å². The number of nitrogens with two attached hydrogens (primary N) is 1. The van der Waals surface area contributed by atoms with Crippen LogP contribution in [-0.2, 0) is 17.3 Å². The van der Waals surface area contributed by atoms with E-state index in [0.717, 1.165) is 13.3 Å². The molecule has 0 aliphatic carbocycles. The fourth-order valence-electron chi connectivity index (χ4n) is 1.22. The second-order valence-electron chi connectivity index (χ2n) is 3.27. The Morgan fingerprint density at radius 2 is 2.22 bits per heavy atom. The quantitative estimate of drug-likeness (QED) is 0.849. The molecule has 0 aliphatic rings. The highest BCUT2D eigenvalue weighted by Gasteiger charge is 2.35. The first kappa shape index (κ1) is 14.0. The van der Waals surface area contributed by atoms with Gasteiger partial charge in [0.2, 0.25) is 5.95 Å². The number of carbonyl (C=O) groups is 1. The molecule has 1 aromatic heterocycles. The normalized spacial score (nSPS) is 11.1. The fourth-order valence-corrected chi connectivity index (χ4v) is 1.22. The van der Waals surface area contributed by atoms with Crippen molar-refractivity contribution in [3.8, 4) is 0 Å². The van der Waals surface area contributed by atoms with Crippen LogP contribution in [0.5, 0.6) is 0 Å². The lowest BCUT2D eigenvalue weighted by Crippen LogP contribution is -2.26. The van der Waals surface area contributed by atoms with E-state index in [1.165, 1.54) is 0 Å². The van der Waals surface area contributed by atoms with Gasteiger partial charge < -0.3 is 15.8 Å². The van der Waals surface area contributed by atoms with Crippen molar-refractivity contribution in [1.29, 1.82) is 0 Å². The Balaban J connectivity index is 2.79. The SMILES string of the molecule is COC(=O)NCCc1cnc(N)nc1C(F)(F)F. The van der Waals surface area contributed by atoms with E-state index in [4.69, 9.17) is 5.73 Å². The smallest absolute Gasteiger partial charge is 0.433 e. The molecule has 3 N–H and O–H groups in total. The van der Waals surface area contributed by atoms with E-state index in [9.17, 15) is 18.0 Å². The molecule has 9 heteroatoms. The lowest BCUT2D eigenvalue weighted by molar-refractivity contribution is -0.141. The van der Waals surface area contributed by atoms with E-state index in [2.05, 4.69) is 20.0 Å². The highest BCUT2D eigenvalue weighted by atomic mass is 19.4. The average Bonchev–Trinajstić information content (AvgIpc) is 2.29. The Kier molecular flexibility index (Phi) is 4.29. The van der Waals surface area contributed by atoms with Crippen molar-refractivity contribution in [3.05, 3.63) is 17.5 Å². The van der Waals surface area contributed by atoms with Gasteiger partial charge in [-0.3, -0.25) is 0 Å². The molecule has 0 unspecified atom stereocenters. The molecule has 0 fully saturated rings. The minimum atomic E-state index is -4.61. The van der Waals surface area contributed by atoms with Gasteiger partial charge in [-0.15, -0.1) is 0 Å². The number of anilines is 1. The maximum absolute atomic E-state index is 12.6. The molecule has 18 heavy (non-hydrogen) atoms. The summed E-state index contributed by atoms with van der Waals surface area (Å²) in [6, 6.07) is 0. The number of ether oxygens (including phenoxy) is 1. The third kappa shape index (κ3) is 3.75. The van der Waals surface area contributed by atoms with Crippen LogP contribution in [0.15, 0.2) is 6.20 Å². The molecule has 1 amide bonds. The zero-order chi connectivity index (χ0) is 13.8. The van der Waals surface area contributed by atoms with Crippen molar-refractivity contribution < 1.29 is 22.7 Å². The van der Waals surface area contributed by atoms with Gasteiger partial charge in [0.15, 0.2) is 5.69 Å². The summed E-state index contributed by atoms with van der Waals surface area (Å²) in [5, 5.41) is 2.26. The Labute approximate surface area is 100 Å². The molecular weight excluding hydrogens is 253 g/mol. The maximum Gasteiger partial charge on any atom is 0.433 e. The standard InChI is InChI=1S/C9H11F3N4O2/c1-18-8(17)14-3-2-5-4-15-7(13)16-6(5)9(10,11)12/h4H,2-3H2,1H3,(H,14,17)(H2,13,15,16). The first-order valence-corrected chi connectivity index (χ1v) is 4.85. The number of hydrogen-bond acceptors (Lipinski definition) is 5. The summed E-state index contributed by atoms with van der Waals surface area (Å²) in [6.45, 7) is -0.0248. The zero-order valence-corrected chi connectivity index (χ0v) is 9.41. The highest BCUT2D eigenvalue weighted by Crippen LogP contribution is 2.30. The number of rotatable bonds is 3. The van der Waals surface area contributed by atoms with Gasteiger partial charge in [-0.05, 0) is 6.42 Å². The summed E-state index contributed by atoms with van der Waals surface area (Å²) >= 11 is 0. The molecule has 1 aromatic rings. The van der Waals surface area contributed by atoms with Crippen molar-refractivity contribution in [1.82, 2.24) is 15.3 Å². The average molecular weight is 264 g/mol. The summed E-state index contributed by atoms with van der Waals surface area (Å²) < 4.78 is 42.1. The molecule has 1 rings (SSSR count). The van der Waals surface area contributed by atoms with Gasteiger partial charge in [0.25, 0.3) is 0 Å². The van der Waals surface area contributed by atoms with Gasteiger partial charge in [-0.2, -0.15) is 13.2 Å². The molecule has 0 spiro atoms. The van der Waals surface area contributed by atoms with E-state index in [-0.39, 0.29) is 18.5 Å². The summed E-state index contributed by atoms with van der Waals surface area (Å²) in [6.07, 6.45) is -4.42. The first-order chi connectivity index (χ1) is 8.34. The molecule has 1 heterocycles. The van der Waals surface area contributed by atoms with E-state index >= 15 is 0 Å². The van der Waals surface area contributed by atoms with E-state index in [1.54, 1.807) is 0 Å². The topological polar surface area (TPSA) is 90.1 Å². The first-order valence-electron chi connectivity index (χ1n) is 4.85. The van der Waals surface area contributed by atoms with E-state index in [0.29, 0.717) is 0 Å². The predicted molar refractivity (Wildman–Crippen MR) is 55.6 cm³/mol. The van der Waals surface area contributed by atoms with Gasteiger partial charge in [-0.25, -0.2) is 14.8 Å². The highest BCUT2D eigenvalue weighted by molar-refractivity contribution is 5.66. The van der Waals surface area contributed by atoms with Crippen LogP contribution in [0.1, 0.15) is 11.3 Å². The maximum atomic E-state index is 12.6. The largest absolute Gasteiger partial charge is 0.453 e.